The van der Waals surface area contributed by atoms with E-state index in [1.807, 2.05) is 30.3 Å². The largest absolute Gasteiger partial charge is 0.378 e. The molecule has 0 amide bonds. The molecule has 0 aliphatic rings. The monoisotopic (exact) mass is 263 g/mol. The lowest BCUT2D eigenvalue weighted by atomic mass is 10.1. The molecule has 3 rings (SSSR count). The second-order valence-electron chi connectivity index (χ2n) is 3.37. The first-order valence-electron chi connectivity index (χ1n) is 4.44. The number of aromatic amines is 1. The van der Waals surface area contributed by atoms with Gasteiger partial charge in [-0.25, -0.2) is 0 Å². The molecule has 74 valence electrons. The third-order valence-corrected chi connectivity index (χ3v) is 2.89. The maximum atomic E-state index is 11.3. The van der Waals surface area contributed by atoms with Crippen LogP contribution < -0.4 is 5.56 Å². The average Bonchev–Trinajstić information content (AvgIpc) is 2.57. The van der Waals surface area contributed by atoms with Crippen molar-refractivity contribution in [3.8, 4) is 0 Å². The summed E-state index contributed by atoms with van der Waals surface area (Å²) in [6.07, 6.45) is 0. The Hall–Kier alpha value is -1.55. The van der Waals surface area contributed by atoms with Crippen molar-refractivity contribution >= 4 is 37.7 Å². The predicted molar refractivity (Wildman–Crippen MR) is 62.0 cm³/mol. The summed E-state index contributed by atoms with van der Waals surface area (Å²) in [5.74, 6) is 0. The molecule has 4 heteroatoms. The highest BCUT2D eigenvalue weighted by Crippen LogP contribution is 2.23. The number of hydrogen-bond acceptors (Lipinski definition) is 2. The number of rotatable bonds is 0. The Kier molecular flexibility index (Phi) is 1.73. The van der Waals surface area contributed by atoms with Gasteiger partial charge in [0.15, 0.2) is 5.58 Å². The molecule has 0 aliphatic heterocycles. The summed E-state index contributed by atoms with van der Waals surface area (Å²) in [7, 11) is 0. The molecule has 2 aromatic carbocycles. The molecule has 0 radical (unpaired) electrons. The number of aromatic nitrogens is 1. The summed E-state index contributed by atoms with van der Waals surface area (Å²) in [6.45, 7) is 0. The van der Waals surface area contributed by atoms with Gasteiger partial charge in [-0.3, -0.25) is 4.79 Å². The normalized spacial score (nSPS) is 11.3. The van der Waals surface area contributed by atoms with Crippen LogP contribution in [0.4, 0.5) is 0 Å². The third-order valence-electron chi connectivity index (χ3n) is 2.40. The fourth-order valence-electron chi connectivity index (χ4n) is 1.67. The molecule has 15 heavy (non-hydrogen) atoms. The van der Waals surface area contributed by atoms with Crippen LogP contribution in [0.25, 0.3) is 21.7 Å². The van der Waals surface area contributed by atoms with Crippen molar-refractivity contribution in [2.45, 2.75) is 0 Å². The number of fused-ring (bicyclic) bond motifs is 2. The number of halogens is 1. The minimum absolute atomic E-state index is 0.188. The second-order valence-corrected chi connectivity index (χ2v) is 4.29. The first-order chi connectivity index (χ1) is 7.24. The molecule has 1 aromatic heterocycles. The van der Waals surface area contributed by atoms with Crippen molar-refractivity contribution in [3.05, 3.63) is 45.2 Å². The number of hydrogen-bond donors (Lipinski definition) is 1. The Bertz CT molecular complexity index is 711. The quantitative estimate of drug-likeness (QED) is 0.678. The van der Waals surface area contributed by atoms with E-state index in [1.54, 1.807) is 0 Å². The highest BCUT2D eigenvalue weighted by Gasteiger charge is 2.05. The molecule has 0 atom stereocenters. The number of nitrogens with one attached hydrogen (secondary N) is 1. The molecular formula is C11H6BrNO2. The first kappa shape index (κ1) is 8.73. The SMILES string of the molecule is O=c1[nH]oc2cc3ccc(Br)cc3cc12. The maximum absolute atomic E-state index is 11.3. The van der Waals surface area contributed by atoms with Crippen molar-refractivity contribution in [2.24, 2.45) is 0 Å². The Labute approximate surface area is 92.8 Å². The zero-order valence-electron chi connectivity index (χ0n) is 7.58. The number of benzene rings is 2. The Morgan fingerprint density at radius 1 is 1.13 bits per heavy atom. The molecule has 0 spiro atoms. The second kappa shape index (κ2) is 2.97. The third kappa shape index (κ3) is 1.29. The van der Waals surface area contributed by atoms with Crippen LogP contribution in [0.3, 0.4) is 0 Å². The fraction of sp³-hybridized carbons (Fsp3) is 0. The summed E-state index contributed by atoms with van der Waals surface area (Å²) >= 11 is 3.40. The Morgan fingerprint density at radius 2 is 2.00 bits per heavy atom. The van der Waals surface area contributed by atoms with Crippen molar-refractivity contribution in [1.29, 1.82) is 0 Å². The van der Waals surface area contributed by atoms with Gasteiger partial charge >= 0.3 is 0 Å². The first-order valence-corrected chi connectivity index (χ1v) is 5.24. The highest BCUT2D eigenvalue weighted by molar-refractivity contribution is 9.10. The van der Waals surface area contributed by atoms with Crippen LogP contribution >= 0.6 is 15.9 Å². The molecule has 3 aromatic rings. The van der Waals surface area contributed by atoms with Gasteiger partial charge in [0.1, 0.15) is 0 Å². The van der Waals surface area contributed by atoms with Gasteiger partial charge in [-0.15, -0.1) is 0 Å². The summed E-state index contributed by atoms with van der Waals surface area (Å²) in [5.41, 5.74) is 0.404. The molecule has 0 bridgehead atoms. The van der Waals surface area contributed by atoms with Crippen LogP contribution in [0.5, 0.6) is 0 Å². The van der Waals surface area contributed by atoms with E-state index in [9.17, 15) is 4.79 Å². The van der Waals surface area contributed by atoms with Gasteiger partial charge in [-0.1, -0.05) is 22.0 Å². The Balaban J connectivity index is 2.55. The average molecular weight is 264 g/mol. The standard InChI is InChI=1S/C11H6BrNO2/c12-8-2-1-6-5-10-9(4-7(6)3-8)11(14)13-15-10/h1-5H,(H,13,14). The molecular weight excluding hydrogens is 258 g/mol. The van der Waals surface area contributed by atoms with E-state index >= 15 is 0 Å². The lowest BCUT2D eigenvalue weighted by molar-refractivity contribution is 0.449. The van der Waals surface area contributed by atoms with Crippen molar-refractivity contribution in [3.63, 3.8) is 0 Å². The van der Waals surface area contributed by atoms with E-state index in [4.69, 9.17) is 4.52 Å². The molecule has 1 N–H and O–H groups in total. The summed E-state index contributed by atoms with van der Waals surface area (Å²) < 4.78 is 6.03. The van der Waals surface area contributed by atoms with E-state index in [0.29, 0.717) is 11.0 Å². The van der Waals surface area contributed by atoms with Gasteiger partial charge < -0.3 is 4.52 Å². The van der Waals surface area contributed by atoms with Crippen LogP contribution in [0.15, 0.2) is 44.1 Å². The number of H-pyrrole nitrogens is 1. The molecule has 0 saturated heterocycles. The lowest BCUT2D eigenvalue weighted by Gasteiger charge is -1.97. The predicted octanol–water partition coefficient (Wildman–Crippen LogP) is 3.04. The lowest BCUT2D eigenvalue weighted by Crippen LogP contribution is -1.95. The van der Waals surface area contributed by atoms with Crippen molar-refractivity contribution in [1.82, 2.24) is 5.16 Å². The molecule has 0 aliphatic carbocycles. The van der Waals surface area contributed by atoms with Gasteiger partial charge in [-0.05, 0) is 35.0 Å². The van der Waals surface area contributed by atoms with E-state index in [2.05, 4.69) is 21.1 Å². The topological polar surface area (TPSA) is 46.0 Å². The molecule has 0 saturated carbocycles. The van der Waals surface area contributed by atoms with E-state index in [-0.39, 0.29) is 5.56 Å². The summed E-state index contributed by atoms with van der Waals surface area (Å²) in [4.78, 5) is 11.3. The van der Waals surface area contributed by atoms with Gasteiger partial charge in [0.25, 0.3) is 5.56 Å². The van der Waals surface area contributed by atoms with Gasteiger partial charge in [-0.2, -0.15) is 5.16 Å². The minimum atomic E-state index is -0.188. The molecule has 0 unspecified atom stereocenters. The molecule has 3 nitrogen and oxygen atoms in total. The highest BCUT2D eigenvalue weighted by atomic mass is 79.9. The van der Waals surface area contributed by atoms with Crippen molar-refractivity contribution < 1.29 is 4.52 Å². The Morgan fingerprint density at radius 3 is 2.87 bits per heavy atom. The summed E-state index contributed by atoms with van der Waals surface area (Å²) in [5, 5.41) is 4.97. The summed E-state index contributed by atoms with van der Waals surface area (Å²) in [6, 6.07) is 9.60. The van der Waals surface area contributed by atoms with E-state index in [0.717, 1.165) is 15.2 Å². The maximum Gasteiger partial charge on any atom is 0.287 e. The van der Waals surface area contributed by atoms with E-state index in [1.165, 1.54) is 0 Å². The zero-order valence-corrected chi connectivity index (χ0v) is 9.17. The van der Waals surface area contributed by atoms with Crippen molar-refractivity contribution in [2.75, 3.05) is 0 Å². The van der Waals surface area contributed by atoms with Crippen LogP contribution in [-0.4, -0.2) is 5.16 Å². The minimum Gasteiger partial charge on any atom is -0.378 e. The van der Waals surface area contributed by atoms with E-state index < -0.39 is 0 Å². The van der Waals surface area contributed by atoms with Gasteiger partial charge in [0.2, 0.25) is 0 Å². The fourth-order valence-corrected chi connectivity index (χ4v) is 2.04. The van der Waals surface area contributed by atoms with Crippen LogP contribution in [-0.2, 0) is 0 Å². The van der Waals surface area contributed by atoms with Crippen LogP contribution in [0.2, 0.25) is 0 Å². The zero-order chi connectivity index (χ0) is 10.4. The van der Waals surface area contributed by atoms with Gasteiger partial charge in [0, 0.05) is 4.47 Å². The molecule has 0 fully saturated rings. The van der Waals surface area contributed by atoms with Gasteiger partial charge in [0.05, 0.1) is 5.39 Å². The smallest absolute Gasteiger partial charge is 0.287 e. The van der Waals surface area contributed by atoms with Crippen LogP contribution in [0, 0.1) is 0 Å². The van der Waals surface area contributed by atoms with Crippen LogP contribution in [0.1, 0.15) is 0 Å². The molecule has 1 heterocycles.